The van der Waals surface area contributed by atoms with Gasteiger partial charge in [-0.3, -0.25) is 4.79 Å². The molecule has 2 N–H and O–H groups in total. The molecule has 0 bridgehead atoms. The van der Waals surface area contributed by atoms with E-state index in [-0.39, 0.29) is 17.8 Å². The lowest BCUT2D eigenvalue weighted by molar-refractivity contribution is -0.144. The van der Waals surface area contributed by atoms with Crippen LogP contribution < -0.4 is 0 Å². The Kier molecular flexibility index (Phi) is 6.61. The van der Waals surface area contributed by atoms with Crippen molar-refractivity contribution in [3.63, 3.8) is 0 Å². The fourth-order valence-corrected chi connectivity index (χ4v) is 3.77. The fraction of sp³-hybridized carbons (Fsp3) is 0.737. The van der Waals surface area contributed by atoms with Crippen LogP contribution in [0.4, 0.5) is 0 Å². The summed E-state index contributed by atoms with van der Waals surface area (Å²) in [5.41, 5.74) is 1.71. The average Bonchev–Trinajstić information content (AvgIpc) is 2.84. The third-order valence-corrected chi connectivity index (χ3v) is 5.41. The minimum Gasteiger partial charge on any atom is -0.461 e. The van der Waals surface area contributed by atoms with E-state index >= 15 is 0 Å². The van der Waals surface area contributed by atoms with Crippen molar-refractivity contribution in [2.45, 2.75) is 58.3 Å². The Morgan fingerprint density at radius 3 is 2.62 bits per heavy atom. The Morgan fingerprint density at radius 2 is 2.00 bits per heavy atom. The number of rotatable bonds is 4. The molecule has 136 valence electrons. The molecule has 0 aromatic carbocycles. The number of hydrogen-bond acceptors (Lipinski definition) is 5. The summed E-state index contributed by atoms with van der Waals surface area (Å²) in [4.78, 5) is 14.6. The van der Waals surface area contributed by atoms with Crippen LogP contribution in [-0.2, 0) is 9.53 Å². The zero-order chi connectivity index (χ0) is 17.9. The molecule has 1 fully saturated rings. The lowest BCUT2D eigenvalue weighted by Crippen LogP contribution is -2.40. The van der Waals surface area contributed by atoms with E-state index in [1.807, 2.05) is 13.0 Å². The highest BCUT2D eigenvalue weighted by Gasteiger charge is 2.48. The molecule has 1 aliphatic heterocycles. The molecule has 2 aliphatic rings. The first kappa shape index (κ1) is 19.2. The van der Waals surface area contributed by atoms with Gasteiger partial charge in [0.05, 0.1) is 18.1 Å². The second-order valence-electron chi connectivity index (χ2n) is 7.07. The summed E-state index contributed by atoms with van der Waals surface area (Å²) >= 11 is 0. The van der Waals surface area contributed by atoms with Gasteiger partial charge >= 0.3 is 5.97 Å². The molecule has 0 aromatic rings. The number of aliphatic hydroxyl groups is 2. The topological polar surface area (TPSA) is 70.0 Å². The van der Waals surface area contributed by atoms with Gasteiger partial charge < -0.3 is 19.8 Å². The summed E-state index contributed by atoms with van der Waals surface area (Å²) in [5, 5.41) is 21.0. The van der Waals surface area contributed by atoms with E-state index in [0.29, 0.717) is 31.4 Å². The van der Waals surface area contributed by atoms with Crippen LogP contribution in [0.3, 0.4) is 0 Å². The molecule has 1 heterocycles. The Bertz CT molecular complexity index is 498. The first-order valence-electron chi connectivity index (χ1n) is 9.01. The van der Waals surface area contributed by atoms with Crippen molar-refractivity contribution in [2.75, 3.05) is 19.6 Å². The van der Waals surface area contributed by atoms with Crippen molar-refractivity contribution in [1.82, 2.24) is 4.90 Å². The molecule has 0 aromatic heterocycles. The summed E-state index contributed by atoms with van der Waals surface area (Å²) in [6.45, 7) is 12.3. The molecule has 5 atom stereocenters. The van der Waals surface area contributed by atoms with Gasteiger partial charge in [-0.1, -0.05) is 32.1 Å². The van der Waals surface area contributed by atoms with Gasteiger partial charge in [0.2, 0.25) is 0 Å². The minimum absolute atomic E-state index is 0.247. The lowest BCUT2D eigenvalue weighted by atomic mass is 9.80. The van der Waals surface area contributed by atoms with Crippen molar-refractivity contribution in [1.29, 1.82) is 0 Å². The van der Waals surface area contributed by atoms with Gasteiger partial charge in [0.15, 0.2) is 0 Å². The van der Waals surface area contributed by atoms with Crippen LogP contribution in [0.15, 0.2) is 23.8 Å². The van der Waals surface area contributed by atoms with Gasteiger partial charge in [0.1, 0.15) is 6.10 Å². The Hall–Kier alpha value is -1.17. The molecule has 1 saturated heterocycles. The quantitative estimate of drug-likeness (QED) is 0.606. The predicted molar refractivity (Wildman–Crippen MR) is 93.4 cm³/mol. The van der Waals surface area contributed by atoms with Gasteiger partial charge in [-0.05, 0) is 38.4 Å². The van der Waals surface area contributed by atoms with Gasteiger partial charge in [0, 0.05) is 18.9 Å². The zero-order valence-electron chi connectivity index (χ0n) is 15.1. The van der Waals surface area contributed by atoms with Crippen LogP contribution in [0.5, 0.6) is 0 Å². The number of carbonyl (C=O) groups is 1. The van der Waals surface area contributed by atoms with Crippen molar-refractivity contribution in [2.24, 2.45) is 11.8 Å². The van der Waals surface area contributed by atoms with E-state index < -0.39 is 18.3 Å². The number of aliphatic hydroxyl groups excluding tert-OH is 2. The SMILES string of the molecule is C=C1CC2OC(=O)C(CN(CC)CC)C2C(O)C=C(C)CCC1O. The molecule has 5 nitrogen and oxygen atoms in total. The number of fused-ring (bicyclic) bond motifs is 1. The van der Waals surface area contributed by atoms with Crippen LogP contribution >= 0.6 is 0 Å². The molecule has 0 saturated carbocycles. The summed E-state index contributed by atoms with van der Waals surface area (Å²) in [6.07, 6.45) is 1.81. The monoisotopic (exact) mass is 337 g/mol. The largest absolute Gasteiger partial charge is 0.461 e. The molecule has 5 heteroatoms. The highest BCUT2D eigenvalue weighted by molar-refractivity contribution is 5.76. The van der Waals surface area contributed by atoms with Crippen molar-refractivity contribution in [3.8, 4) is 0 Å². The van der Waals surface area contributed by atoms with Crippen molar-refractivity contribution in [3.05, 3.63) is 23.8 Å². The Morgan fingerprint density at radius 1 is 1.33 bits per heavy atom. The van der Waals surface area contributed by atoms with Crippen LogP contribution in [0.2, 0.25) is 0 Å². The Labute approximate surface area is 145 Å². The second-order valence-corrected chi connectivity index (χ2v) is 7.07. The predicted octanol–water partition coefficient (Wildman–Crippen LogP) is 1.89. The van der Waals surface area contributed by atoms with Crippen molar-refractivity contribution >= 4 is 5.97 Å². The first-order valence-corrected chi connectivity index (χ1v) is 9.01. The van der Waals surface area contributed by atoms with Crippen LogP contribution in [0.1, 0.15) is 40.0 Å². The van der Waals surface area contributed by atoms with E-state index in [0.717, 1.165) is 18.7 Å². The third-order valence-electron chi connectivity index (χ3n) is 5.41. The molecule has 5 unspecified atom stereocenters. The maximum Gasteiger partial charge on any atom is 0.311 e. The van der Waals surface area contributed by atoms with E-state index in [1.54, 1.807) is 0 Å². The molecule has 0 spiro atoms. The van der Waals surface area contributed by atoms with Gasteiger partial charge in [-0.2, -0.15) is 0 Å². The molecule has 1 aliphatic carbocycles. The maximum absolute atomic E-state index is 12.4. The van der Waals surface area contributed by atoms with Gasteiger partial charge in [0.25, 0.3) is 0 Å². The van der Waals surface area contributed by atoms with E-state index in [9.17, 15) is 15.0 Å². The van der Waals surface area contributed by atoms with E-state index in [1.165, 1.54) is 0 Å². The Balaban J connectivity index is 2.29. The summed E-state index contributed by atoms with van der Waals surface area (Å²) in [5.74, 6) is -0.892. The van der Waals surface area contributed by atoms with Gasteiger partial charge in [-0.15, -0.1) is 0 Å². The first-order chi connectivity index (χ1) is 11.4. The molecule has 24 heavy (non-hydrogen) atoms. The number of nitrogens with zero attached hydrogens (tertiary/aromatic N) is 1. The zero-order valence-corrected chi connectivity index (χ0v) is 15.1. The molecule has 0 radical (unpaired) electrons. The normalized spacial score (nSPS) is 34.8. The number of hydrogen-bond donors (Lipinski definition) is 2. The van der Waals surface area contributed by atoms with Crippen molar-refractivity contribution < 1.29 is 19.7 Å². The highest BCUT2D eigenvalue weighted by atomic mass is 16.6. The summed E-state index contributed by atoms with van der Waals surface area (Å²) in [7, 11) is 0. The van der Waals surface area contributed by atoms with E-state index in [4.69, 9.17) is 4.74 Å². The standard InChI is InChI=1S/C19H31NO4/c1-5-20(6-2)11-14-18-16(22)9-12(3)7-8-15(21)13(4)10-17(18)24-19(14)23/h9,14-18,21-22H,4-8,10-11H2,1-3H3. The maximum atomic E-state index is 12.4. The molecule has 0 amide bonds. The summed E-state index contributed by atoms with van der Waals surface area (Å²) in [6, 6.07) is 0. The summed E-state index contributed by atoms with van der Waals surface area (Å²) < 4.78 is 5.60. The third kappa shape index (κ3) is 4.26. The average molecular weight is 337 g/mol. The minimum atomic E-state index is -0.718. The number of esters is 1. The van der Waals surface area contributed by atoms with E-state index in [2.05, 4.69) is 25.3 Å². The lowest BCUT2D eigenvalue weighted by Gasteiger charge is -2.29. The number of ether oxygens (including phenoxy) is 1. The number of allylic oxidation sites excluding steroid dienone is 1. The molecular formula is C19H31NO4. The van der Waals surface area contributed by atoms with Crippen LogP contribution in [-0.4, -0.2) is 59.0 Å². The van der Waals surface area contributed by atoms with Crippen LogP contribution in [0.25, 0.3) is 0 Å². The fourth-order valence-electron chi connectivity index (χ4n) is 3.77. The highest BCUT2D eigenvalue weighted by Crippen LogP contribution is 2.37. The molecular weight excluding hydrogens is 306 g/mol. The second kappa shape index (κ2) is 8.28. The smallest absolute Gasteiger partial charge is 0.311 e. The van der Waals surface area contributed by atoms with Crippen LogP contribution in [0, 0.1) is 11.8 Å². The number of carbonyl (C=O) groups excluding carboxylic acids is 1. The molecule has 2 rings (SSSR count). The van der Waals surface area contributed by atoms with Gasteiger partial charge in [-0.25, -0.2) is 0 Å².